The molecule has 0 aliphatic rings. The van der Waals surface area contributed by atoms with E-state index >= 15 is 0 Å². The van der Waals surface area contributed by atoms with Gasteiger partial charge in [-0.05, 0) is 132 Å². The van der Waals surface area contributed by atoms with Crippen LogP contribution in [0.2, 0.25) is 0 Å². The van der Waals surface area contributed by atoms with Gasteiger partial charge in [-0.15, -0.1) is 0 Å². The molecule has 0 N–H and O–H groups in total. The molecule has 0 spiro atoms. The Bertz CT molecular complexity index is 3600. The van der Waals surface area contributed by atoms with Crippen LogP contribution in [0.5, 0.6) is 0 Å². The molecule has 0 saturated carbocycles. The van der Waals surface area contributed by atoms with Gasteiger partial charge < -0.3 is 9.47 Å². The summed E-state index contributed by atoms with van der Waals surface area (Å²) in [5, 5.41) is 10.1. The summed E-state index contributed by atoms with van der Waals surface area (Å²) in [5.74, 6) is 0. The number of aromatic nitrogens is 1. The fraction of sp³-hybridized carbons (Fsp3) is 0. The third-order valence-corrected chi connectivity index (χ3v) is 12.6. The Morgan fingerprint density at radius 1 is 0.258 bits per heavy atom. The lowest BCUT2D eigenvalue weighted by Crippen LogP contribution is -2.09. The molecule has 0 aliphatic carbocycles. The van der Waals surface area contributed by atoms with Crippen LogP contribution < -0.4 is 4.90 Å². The summed E-state index contributed by atoms with van der Waals surface area (Å²) in [6.07, 6.45) is 0. The van der Waals surface area contributed by atoms with Crippen molar-refractivity contribution in [2.24, 2.45) is 0 Å². The molecule has 12 rings (SSSR count). The maximum absolute atomic E-state index is 2.38. The van der Waals surface area contributed by atoms with E-state index in [2.05, 4.69) is 252 Å². The summed E-state index contributed by atoms with van der Waals surface area (Å²) in [7, 11) is 0. The van der Waals surface area contributed by atoms with Gasteiger partial charge in [-0.25, -0.2) is 0 Å². The number of para-hydroxylation sites is 2. The maximum atomic E-state index is 2.38. The van der Waals surface area contributed by atoms with Crippen molar-refractivity contribution in [3.8, 4) is 39.1 Å². The summed E-state index contributed by atoms with van der Waals surface area (Å²) in [5.41, 5.74) is 14.0. The van der Waals surface area contributed by atoms with E-state index in [0.717, 1.165) is 22.7 Å². The second-order valence-electron chi connectivity index (χ2n) is 16.1. The second kappa shape index (κ2) is 14.8. The highest BCUT2D eigenvalue weighted by Crippen LogP contribution is 2.41. The molecule has 11 aromatic carbocycles. The standard InChI is InChI=1S/C60H40N2/c1-2-14-49(15-3-1)62-59-20-9-8-17-57(59)58-38-30-48(40-60(58)62)43-25-33-51(34-26-43)61(50-31-23-42(24-32-50)47-22-21-41-11-4-5-13-46(41)39-47)52-35-27-45(28-36-52)54-18-10-19-55-53-16-7-6-12-44(53)29-37-56(54)55/h1-40H. The van der Waals surface area contributed by atoms with Crippen LogP contribution in [0.4, 0.5) is 17.1 Å². The van der Waals surface area contributed by atoms with Gasteiger partial charge in [-0.2, -0.15) is 0 Å². The van der Waals surface area contributed by atoms with Crippen molar-refractivity contribution < 1.29 is 0 Å². The van der Waals surface area contributed by atoms with E-state index in [9.17, 15) is 0 Å². The molecule has 1 heterocycles. The minimum absolute atomic E-state index is 1.09. The molecule has 2 heteroatoms. The molecule has 290 valence electrons. The van der Waals surface area contributed by atoms with Gasteiger partial charge >= 0.3 is 0 Å². The predicted octanol–water partition coefficient (Wildman–Crippen LogP) is 16.7. The van der Waals surface area contributed by atoms with E-state index in [1.54, 1.807) is 0 Å². The number of hydrogen-bond acceptors (Lipinski definition) is 1. The van der Waals surface area contributed by atoms with Crippen LogP contribution in [0.15, 0.2) is 243 Å². The van der Waals surface area contributed by atoms with Crippen LogP contribution in [0.3, 0.4) is 0 Å². The number of fused-ring (bicyclic) bond motifs is 7. The van der Waals surface area contributed by atoms with Gasteiger partial charge in [0.15, 0.2) is 0 Å². The molecule has 0 atom stereocenters. The molecule has 1 aromatic heterocycles. The van der Waals surface area contributed by atoms with Crippen LogP contribution in [0, 0.1) is 0 Å². The van der Waals surface area contributed by atoms with Crippen molar-refractivity contribution in [2.45, 2.75) is 0 Å². The van der Waals surface area contributed by atoms with Crippen molar-refractivity contribution in [3.05, 3.63) is 243 Å². The zero-order valence-electron chi connectivity index (χ0n) is 34.0. The van der Waals surface area contributed by atoms with Crippen molar-refractivity contribution >= 4 is 71.2 Å². The SMILES string of the molecule is c1ccc(-n2c3ccccc3c3ccc(-c4ccc(N(c5ccc(-c6ccc7ccccc7c6)cc5)c5ccc(-c6cccc7c6ccc6ccccc67)cc5)cc4)cc32)cc1. The molecular formula is C60H40N2. The minimum atomic E-state index is 1.09. The summed E-state index contributed by atoms with van der Waals surface area (Å²) in [4.78, 5) is 2.37. The molecule has 0 bridgehead atoms. The summed E-state index contributed by atoms with van der Waals surface area (Å²) < 4.78 is 2.38. The first kappa shape index (κ1) is 35.7. The Balaban J connectivity index is 0.940. The Morgan fingerprint density at radius 2 is 0.758 bits per heavy atom. The van der Waals surface area contributed by atoms with Gasteiger partial charge in [0.1, 0.15) is 0 Å². The molecule has 62 heavy (non-hydrogen) atoms. The second-order valence-corrected chi connectivity index (χ2v) is 16.1. The van der Waals surface area contributed by atoms with Crippen LogP contribution in [0.1, 0.15) is 0 Å². The van der Waals surface area contributed by atoms with E-state index in [0.29, 0.717) is 0 Å². The van der Waals surface area contributed by atoms with Crippen molar-refractivity contribution in [1.29, 1.82) is 0 Å². The lowest BCUT2D eigenvalue weighted by atomic mass is 9.94. The summed E-state index contributed by atoms with van der Waals surface area (Å²) in [6.45, 7) is 0. The fourth-order valence-electron chi connectivity index (χ4n) is 9.51. The molecule has 12 aromatic rings. The van der Waals surface area contributed by atoms with Crippen molar-refractivity contribution in [1.82, 2.24) is 4.57 Å². The fourth-order valence-corrected chi connectivity index (χ4v) is 9.51. The zero-order chi connectivity index (χ0) is 41.0. The van der Waals surface area contributed by atoms with E-state index in [4.69, 9.17) is 0 Å². The average Bonchev–Trinajstić information content (AvgIpc) is 3.68. The van der Waals surface area contributed by atoms with Gasteiger partial charge in [0.05, 0.1) is 11.0 Å². The van der Waals surface area contributed by atoms with Crippen LogP contribution in [-0.2, 0) is 0 Å². The average molecular weight is 789 g/mol. The van der Waals surface area contributed by atoms with E-state index in [1.807, 2.05) is 0 Å². The molecule has 0 unspecified atom stereocenters. The molecule has 2 nitrogen and oxygen atoms in total. The van der Waals surface area contributed by atoms with E-state index < -0.39 is 0 Å². The Kier molecular flexibility index (Phi) is 8.53. The van der Waals surface area contributed by atoms with Crippen LogP contribution in [-0.4, -0.2) is 4.57 Å². The lowest BCUT2D eigenvalue weighted by molar-refractivity contribution is 1.18. The number of rotatable bonds is 7. The highest BCUT2D eigenvalue weighted by molar-refractivity contribution is 6.12. The summed E-state index contributed by atoms with van der Waals surface area (Å²) in [6, 6.07) is 88.4. The zero-order valence-corrected chi connectivity index (χ0v) is 34.0. The monoisotopic (exact) mass is 788 g/mol. The van der Waals surface area contributed by atoms with E-state index in [1.165, 1.54) is 87.5 Å². The Hall–Kier alpha value is -8.20. The number of hydrogen-bond donors (Lipinski definition) is 0. The van der Waals surface area contributed by atoms with Gasteiger partial charge in [0.25, 0.3) is 0 Å². The molecule has 0 saturated heterocycles. The van der Waals surface area contributed by atoms with Crippen LogP contribution >= 0.6 is 0 Å². The molecule has 0 fully saturated rings. The first-order chi connectivity index (χ1) is 30.7. The molecule has 0 radical (unpaired) electrons. The molecular weight excluding hydrogens is 749 g/mol. The minimum Gasteiger partial charge on any atom is -0.311 e. The third kappa shape index (κ3) is 6.12. The van der Waals surface area contributed by atoms with Crippen molar-refractivity contribution in [2.75, 3.05) is 4.90 Å². The highest BCUT2D eigenvalue weighted by Gasteiger charge is 2.17. The van der Waals surface area contributed by atoms with Gasteiger partial charge in [0, 0.05) is 33.5 Å². The Morgan fingerprint density at radius 3 is 1.48 bits per heavy atom. The van der Waals surface area contributed by atoms with E-state index in [-0.39, 0.29) is 0 Å². The Labute approximate surface area is 360 Å². The number of anilines is 3. The smallest absolute Gasteiger partial charge is 0.0547 e. The molecule has 0 amide bonds. The maximum Gasteiger partial charge on any atom is 0.0547 e. The highest BCUT2D eigenvalue weighted by atomic mass is 15.1. The first-order valence-electron chi connectivity index (χ1n) is 21.3. The largest absolute Gasteiger partial charge is 0.311 e. The summed E-state index contributed by atoms with van der Waals surface area (Å²) >= 11 is 0. The first-order valence-corrected chi connectivity index (χ1v) is 21.3. The lowest BCUT2D eigenvalue weighted by Gasteiger charge is -2.26. The van der Waals surface area contributed by atoms with Gasteiger partial charge in [-0.3, -0.25) is 0 Å². The quantitative estimate of drug-likeness (QED) is 0.146. The van der Waals surface area contributed by atoms with Gasteiger partial charge in [0.2, 0.25) is 0 Å². The van der Waals surface area contributed by atoms with Crippen molar-refractivity contribution in [3.63, 3.8) is 0 Å². The molecule has 0 aliphatic heterocycles. The number of nitrogens with zero attached hydrogens (tertiary/aromatic N) is 2. The van der Waals surface area contributed by atoms with Crippen LogP contribution in [0.25, 0.3) is 93.2 Å². The normalized spacial score (nSPS) is 11.5. The third-order valence-electron chi connectivity index (χ3n) is 12.6. The van der Waals surface area contributed by atoms with Gasteiger partial charge in [-0.1, -0.05) is 176 Å². The number of benzene rings is 11. The topological polar surface area (TPSA) is 8.17 Å². The predicted molar refractivity (Wildman–Crippen MR) is 264 cm³/mol.